The third-order valence-corrected chi connectivity index (χ3v) is 9.23. The summed E-state index contributed by atoms with van der Waals surface area (Å²) in [4.78, 5) is 41.5. The van der Waals surface area contributed by atoms with Crippen LogP contribution in [0, 0.1) is 5.92 Å². The van der Waals surface area contributed by atoms with Crippen LogP contribution in [0.5, 0.6) is 0 Å². The van der Waals surface area contributed by atoms with Gasteiger partial charge in [0.2, 0.25) is 15.9 Å². The fourth-order valence-electron chi connectivity index (χ4n) is 4.47. The van der Waals surface area contributed by atoms with Crippen LogP contribution in [0.25, 0.3) is 6.08 Å². The van der Waals surface area contributed by atoms with Crippen molar-refractivity contribution in [1.82, 2.24) is 19.0 Å². The molecule has 37 heavy (non-hydrogen) atoms. The molecule has 0 N–H and O–H groups in total. The van der Waals surface area contributed by atoms with Crippen LogP contribution in [0.2, 0.25) is 4.34 Å². The Kier molecular flexibility index (Phi) is 8.36. The van der Waals surface area contributed by atoms with Crippen LogP contribution < -0.4 is 10.5 Å². The minimum Gasteiger partial charge on any atom is -0.467 e. The zero-order valence-corrected chi connectivity index (χ0v) is 22.8. The third kappa shape index (κ3) is 6.40. The van der Waals surface area contributed by atoms with E-state index in [1.807, 2.05) is 0 Å². The summed E-state index contributed by atoms with van der Waals surface area (Å²) < 4.78 is 33.6. The van der Waals surface area contributed by atoms with Crippen molar-refractivity contribution in [1.29, 1.82) is 0 Å². The quantitative estimate of drug-likeness (QED) is 0.459. The number of carbonyl (C=O) groups is 2. The number of ether oxygens (including phenoxy) is 1. The molecule has 2 saturated heterocycles. The van der Waals surface area contributed by atoms with Gasteiger partial charge in [-0.2, -0.15) is 9.40 Å². The Balaban J connectivity index is 1.42. The predicted molar refractivity (Wildman–Crippen MR) is 141 cm³/mol. The highest BCUT2D eigenvalue weighted by molar-refractivity contribution is 7.92. The number of anilines is 1. The molecule has 2 aromatic rings. The zero-order chi connectivity index (χ0) is 26.7. The van der Waals surface area contributed by atoms with E-state index in [0.717, 1.165) is 22.6 Å². The number of rotatable bonds is 7. The molecule has 1 amide bonds. The average Bonchev–Trinajstić information content (AvgIpc) is 3.30. The molecular weight excluding hydrogens is 542 g/mol. The van der Waals surface area contributed by atoms with Crippen molar-refractivity contribution in [2.75, 3.05) is 44.7 Å². The Morgan fingerprint density at radius 2 is 1.95 bits per heavy atom. The first-order valence-electron chi connectivity index (χ1n) is 11.7. The van der Waals surface area contributed by atoms with Gasteiger partial charge in [0.1, 0.15) is 11.9 Å². The zero-order valence-electron chi connectivity index (χ0n) is 20.4. The number of halogens is 1. The summed E-state index contributed by atoms with van der Waals surface area (Å²) in [7, 11) is -1.14. The molecule has 4 heterocycles. The molecule has 14 heteroatoms. The monoisotopic (exact) mass is 569 g/mol. The maximum atomic E-state index is 13.1. The molecule has 0 bridgehead atoms. The van der Waals surface area contributed by atoms with Crippen LogP contribution in [-0.2, 0) is 31.4 Å². The molecule has 0 aromatic carbocycles. The predicted octanol–water partition coefficient (Wildman–Crippen LogP) is 1.40. The number of piperazine rings is 1. The number of hydrogen-bond donors (Lipinski definition) is 0. The number of aromatic nitrogens is 2. The fraction of sp³-hybridized carbons (Fsp3) is 0.478. The summed E-state index contributed by atoms with van der Waals surface area (Å²) in [5.41, 5.74) is -0.182. The number of esters is 1. The van der Waals surface area contributed by atoms with Crippen molar-refractivity contribution in [2.45, 2.75) is 18.9 Å². The van der Waals surface area contributed by atoms with E-state index in [4.69, 9.17) is 16.3 Å². The number of aryl methyl sites for hydroxylation is 1. The Morgan fingerprint density at radius 3 is 2.57 bits per heavy atom. The third-order valence-electron chi connectivity index (χ3n) is 6.56. The van der Waals surface area contributed by atoms with Gasteiger partial charge in [-0.3, -0.25) is 9.59 Å². The molecule has 2 aliphatic rings. The Bertz CT molecular complexity index is 1350. The van der Waals surface area contributed by atoms with Gasteiger partial charge in [-0.15, -0.1) is 11.3 Å². The van der Waals surface area contributed by atoms with Gasteiger partial charge in [0.15, 0.2) is 0 Å². The molecule has 200 valence electrons. The minimum absolute atomic E-state index is 0.117. The number of methoxy groups -OCH3 is 1. The molecule has 11 nitrogen and oxygen atoms in total. The number of piperidine rings is 1. The number of nitrogens with zero attached hydrogens (tertiary/aromatic N) is 5. The van der Waals surface area contributed by atoms with E-state index in [-0.39, 0.29) is 24.6 Å². The number of thiophene rings is 1. The van der Waals surface area contributed by atoms with E-state index in [9.17, 15) is 22.8 Å². The molecule has 0 radical (unpaired) electrons. The number of sulfonamides is 1. The Morgan fingerprint density at radius 1 is 1.22 bits per heavy atom. The highest BCUT2D eigenvalue weighted by atomic mass is 35.5. The number of carbonyl (C=O) groups excluding carboxylic acids is 2. The lowest BCUT2D eigenvalue weighted by molar-refractivity contribution is -0.157. The van der Waals surface area contributed by atoms with Crippen LogP contribution in [-0.4, -0.2) is 85.2 Å². The van der Waals surface area contributed by atoms with Gasteiger partial charge in [-0.25, -0.2) is 17.9 Å². The lowest BCUT2D eigenvalue weighted by Gasteiger charge is -2.41. The summed E-state index contributed by atoms with van der Waals surface area (Å²) in [6, 6.07) is 5.50. The van der Waals surface area contributed by atoms with Gasteiger partial charge < -0.3 is 14.5 Å². The van der Waals surface area contributed by atoms with Crippen LogP contribution >= 0.6 is 22.9 Å². The van der Waals surface area contributed by atoms with Crippen molar-refractivity contribution in [3.05, 3.63) is 49.2 Å². The molecule has 4 rings (SSSR count). The van der Waals surface area contributed by atoms with Gasteiger partial charge >= 0.3 is 5.97 Å². The van der Waals surface area contributed by atoms with Crippen molar-refractivity contribution >= 4 is 56.7 Å². The second-order valence-corrected chi connectivity index (χ2v) is 12.5. The van der Waals surface area contributed by atoms with Crippen LogP contribution in [0.15, 0.2) is 34.5 Å². The smallest absolute Gasteiger partial charge is 0.329 e. The first-order chi connectivity index (χ1) is 17.6. The van der Waals surface area contributed by atoms with Crippen molar-refractivity contribution in [3.63, 3.8) is 0 Å². The normalized spacial score (nSPS) is 20.1. The van der Waals surface area contributed by atoms with Gasteiger partial charge in [0.05, 0.1) is 18.0 Å². The largest absolute Gasteiger partial charge is 0.467 e. The summed E-state index contributed by atoms with van der Waals surface area (Å²) in [5, 5.41) is 5.32. The maximum Gasteiger partial charge on any atom is 0.329 e. The summed E-state index contributed by atoms with van der Waals surface area (Å²) in [5.74, 6) is -0.277. The van der Waals surface area contributed by atoms with Gasteiger partial charge in [0.25, 0.3) is 5.56 Å². The van der Waals surface area contributed by atoms with E-state index < -0.39 is 27.9 Å². The first-order valence-corrected chi connectivity index (χ1v) is 14.4. The van der Waals surface area contributed by atoms with Crippen LogP contribution in [0.1, 0.15) is 17.7 Å². The average molecular weight is 570 g/mol. The van der Waals surface area contributed by atoms with E-state index in [2.05, 4.69) is 10.00 Å². The fourth-order valence-corrected chi connectivity index (χ4v) is 6.65. The lowest BCUT2D eigenvalue weighted by Crippen LogP contribution is -2.61. The highest BCUT2D eigenvalue weighted by Crippen LogP contribution is 2.26. The Hall–Kier alpha value is -2.74. The second-order valence-electron chi connectivity index (χ2n) is 8.95. The summed E-state index contributed by atoms with van der Waals surface area (Å²) >= 11 is 7.13. The van der Waals surface area contributed by atoms with E-state index >= 15 is 0 Å². The molecule has 0 spiro atoms. The van der Waals surface area contributed by atoms with Gasteiger partial charge in [0, 0.05) is 49.6 Å². The SMILES string of the molecule is COC(=O)C1CN(S(=O)(=O)C=Cc2ccc(Cl)s2)CC(=O)N1CC1CCN(c2ccc(=O)n(C)n2)CC1. The van der Waals surface area contributed by atoms with Crippen LogP contribution in [0.4, 0.5) is 5.82 Å². The number of hydrogen-bond acceptors (Lipinski definition) is 9. The topological polar surface area (TPSA) is 122 Å². The van der Waals surface area contributed by atoms with Crippen molar-refractivity contribution < 1.29 is 22.7 Å². The second kappa shape index (κ2) is 11.3. The van der Waals surface area contributed by atoms with Crippen molar-refractivity contribution in [2.24, 2.45) is 13.0 Å². The first kappa shape index (κ1) is 27.3. The molecule has 0 aliphatic carbocycles. The highest BCUT2D eigenvalue weighted by Gasteiger charge is 2.42. The maximum absolute atomic E-state index is 13.1. The van der Waals surface area contributed by atoms with E-state index in [0.29, 0.717) is 34.7 Å². The van der Waals surface area contributed by atoms with Crippen molar-refractivity contribution in [3.8, 4) is 0 Å². The molecule has 2 aromatic heterocycles. The molecule has 2 aliphatic heterocycles. The standard InChI is InChI=1S/C23H28ClN5O6S2/c1-26-21(30)6-5-20(25-26)27-10-7-16(8-11-27)13-29-18(23(32)35-2)14-28(15-22(29)31)37(33,34)12-9-17-3-4-19(24)36-17/h3-6,9,12,16,18H,7-8,10-11,13-15H2,1-2H3. The lowest BCUT2D eigenvalue weighted by atomic mass is 9.95. The van der Waals surface area contributed by atoms with E-state index in [1.54, 1.807) is 25.2 Å². The Labute approximate surface area is 223 Å². The summed E-state index contributed by atoms with van der Waals surface area (Å²) in [6.07, 6.45) is 2.91. The molecule has 0 saturated carbocycles. The molecule has 2 fully saturated rings. The van der Waals surface area contributed by atoms with Crippen LogP contribution in [0.3, 0.4) is 0 Å². The molecular formula is C23H28ClN5O6S2. The van der Waals surface area contributed by atoms with Gasteiger partial charge in [-0.05, 0) is 43.0 Å². The van der Waals surface area contributed by atoms with E-state index in [1.165, 1.54) is 40.2 Å². The summed E-state index contributed by atoms with van der Waals surface area (Å²) in [6.45, 7) is 1.14. The molecule has 1 atom stereocenters. The molecule has 1 unspecified atom stereocenters. The number of amides is 1. The van der Waals surface area contributed by atoms with Gasteiger partial charge in [-0.1, -0.05) is 11.6 Å². The minimum atomic E-state index is -3.96.